The van der Waals surface area contributed by atoms with Crippen LogP contribution in [0, 0.1) is 25.7 Å². The summed E-state index contributed by atoms with van der Waals surface area (Å²) in [6.07, 6.45) is 19.8. The molecule has 1 fully saturated rings. The van der Waals surface area contributed by atoms with E-state index in [9.17, 15) is 34.1 Å². The van der Waals surface area contributed by atoms with Crippen molar-refractivity contribution in [2.75, 3.05) is 26.4 Å². The second-order valence-corrected chi connectivity index (χ2v) is 17.7. The van der Waals surface area contributed by atoms with Gasteiger partial charge >= 0.3 is 19.8 Å². The number of allylic oxidation sites excluding steroid dienone is 1. The minimum Gasteiger partial charge on any atom is -0.466 e. The fraction of sp³-hybridized carbons (Fsp3) is 0.800. The molecule has 1 aromatic rings. The lowest BCUT2D eigenvalue weighted by Crippen LogP contribution is -2.29. The lowest BCUT2D eigenvalue weighted by molar-refractivity contribution is -0.161. The predicted octanol–water partition coefficient (Wildman–Crippen LogP) is 8.85. The van der Waals surface area contributed by atoms with E-state index in [0.717, 1.165) is 95.0 Å². The van der Waals surface area contributed by atoms with Gasteiger partial charge in [-0.15, -0.1) is 0 Å². The average Bonchev–Trinajstić information content (AvgIpc) is 3.63. The Morgan fingerprint density at radius 2 is 1.41 bits per heavy atom. The van der Waals surface area contributed by atoms with Crippen LogP contribution < -0.4 is 5.73 Å². The van der Waals surface area contributed by atoms with Crippen LogP contribution in [0.2, 0.25) is 0 Å². The predicted molar refractivity (Wildman–Crippen MR) is 229 cm³/mol. The molecule has 0 aliphatic heterocycles. The Morgan fingerprint density at radius 1 is 0.831 bits per heavy atom. The number of esters is 2. The Kier molecular flexibility index (Phi) is 27.4. The molecule has 1 heterocycles. The first-order valence-corrected chi connectivity index (χ1v) is 24.1. The Morgan fingerprint density at radius 3 is 2.05 bits per heavy atom. The molecule has 1 aliphatic carbocycles. The molecular weight excluding hydrogens is 777 g/mol. The molecule has 13 nitrogen and oxygen atoms in total. The molecule has 0 aromatic carbocycles. The maximum absolute atomic E-state index is 12.7. The van der Waals surface area contributed by atoms with Gasteiger partial charge in [-0.1, -0.05) is 103 Å². The first kappa shape index (κ1) is 52.8. The van der Waals surface area contributed by atoms with Gasteiger partial charge in [-0.05, 0) is 69.4 Å². The number of aryl methyl sites for hydroxylation is 2. The number of ether oxygens (including phenoxy) is 2. The molecule has 0 radical (unpaired) electrons. The zero-order valence-electron chi connectivity index (χ0n) is 36.7. The maximum atomic E-state index is 12.7. The van der Waals surface area contributed by atoms with Crippen molar-refractivity contribution >= 4 is 25.5 Å². The van der Waals surface area contributed by atoms with E-state index in [1.165, 1.54) is 24.0 Å². The fourth-order valence-electron chi connectivity index (χ4n) is 7.54. The quantitative estimate of drug-likeness (QED) is 0.0218. The van der Waals surface area contributed by atoms with Crippen molar-refractivity contribution < 1.29 is 57.0 Å². The Labute approximate surface area is 354 Å². The lowest BCUT2D eigenvalue weighted by Gasteiger charge is -2.20. The van der Waals surface area contributed by atoms with E-state index in [1.54, 1.807) is 12.2 Å². The summed E-state index contributed by atoms with van der Waals surface area (Å²) in [5.41, 5.74) is 7.92. The number of furan rings is 1. The van der Waals surface area contributed by atoms with Gasteiger partial charge in [-0.25, -0.2) is 4.57 Å². The summed E-state index contributed by atoms with van der Waals surface area (Å²) >= 11 is 0. The van der Waals surface area contributed by atoms with Crippen LogP contribution in [0.15, 0.2) is 16.6 Å². The molecule has 0 amide bonds. The van der Waals surface area contributed by atoms with Crippen molar-refractivity contribution in [3.63, 3.8) is 0 Å². The maximum Gasteiger partial charge on any atom is 0.472 e. The number of aliphatic hydroxyl groups excluding tert-OH is 2. The number of hydrogen-bond donors (Lipinski definition) is 4. The molecule has 0 bridgehead atoms. The largest absolute Gasteiger partial charge is 0.472 e. The molecule has 340 valence electrons. The molecule has 6 atom stereocenters. The third-order valence-electron chi connectivity index (χ3n) is 11.3. The zero-order chi connectivity index (χ0) is 43.5. The van der Waals surface area contributed by atoms with E-state index in [4.69, 9.17) is 28.7 Å². The van der Waals surface area contributed by atoms with Gasteiger partial charge in [0.2, 0.25) is 0 Å². The summed E-state index contributed by atoms with van der Waals surface area (Å²) < 4.78 is 39.1. The normalized spacial score (nSPS) is 19.0. The first-order chi connectivity index (χ1) is 28.3. The number of phosphoric ester groups is 1. The van der Waals surface area contributed by atoms with E-state index in [2.05, 4.69) is 27.7 Å². The fourth-order valence-corrected chi connectivity index (χ4v) is 8.31. The number of unbranched alkanes of at least 4 members (excludes halogenated alkanes) is 12. The monoisotopic (exact) mass is 856 g/mol. The summed E-state index contributed by atoms with van der Waals surface area (Å²) in [7, 11) is -4.46. The highest BCUT2D eigenvalue weighted by atomic mass is 31.2. The number of carbonyl (C=O) groups is 3. The molecule has 2 rings (SSSR count). The van der Waals surface area contributed by atoms with Crippen molar-refractivity contribution in [1.82, 2.24) is 0 Å². The zero-order valence-corrected chi connectivity index (χ0v) is 37.6. The van der Waals surface area contributed by atoms with Crippen LogP contribution >= 0.6 is 7.82 Å². The number of nitrogens with two attached hydrogens (primary N) is 1. The van der Waals surface area contributed by atoms with E-state index >= 15 is 0 Å². The number of rotatable bonds is 35. The molecule has 1 aliphatic rings. The van der Waals surface area contributed by atoms with Gasteiger partial charge in [0.25, 0.3) is 0 Å². The van der Waals surface area contributed by atoms with E-state index in [0.29, 0.717) is 32.1 Å². The molecule has 1 unspecified atom stereocenters. The van der Waals surface area contributed by atoms with Crippen LogP contribution in [0.4, 0.5) is 0 Å². The molecular formula is C45H78NO12P. The highest BCUT2D eigenvalue weighted by Crippen LogP contribution is 2.43. The molecule has 5 N–H and O–H groups in total. The van der Waals surface area contributed by atoms with Crippen molar-refractivity contribution in [2.24, 2.45) is 17.6 Å². The van der Waals surface area contributed by atoms with Crippen LogP contribution in [-0.2, 0) is 50.3 Å². The highest BCUT2D eigenvalue weighted by molar-refractivity contribution is 7.47. The minimum atomic E-state index is -4.46. The van der Waals surface area contributed by atoms with Gasteiger partial charge in [0.05, 0.1) is 25.4 Å². The summed E-state index contributed by atoms with van der Waals surface area (Å²) in [5.74, 6) is 0.625. The van der Waals surface area contributed by atoms with E-state index < -0.39 is 50.6 Å². The molecule has 1 saturated carbocycles. The lowest BCUT2D eigenvalue weighted by atomic mass is 9.88. The third kappa shape index (κ3) is 22.3. The van der Waals surface area contributed by atoms with Crippen LogP contribution in [0.1, 0.15) is 171 Å². The SMILES string of the molecule is CCCCCc1oc(CCCCCCCCC(=O)OC[C@H](COP(=O)(O)OCCN)OC(=O)CCCCCC[C@H]2[C@@H](O)CC(=O)[C@@H]2/C=C/[C@@H](O)CCCCC)c(C)c1C. The van der Waals surface area contributed by atoms with Gasteiger partial charge in [-0.2, -0.15) is 0 Å². The van der Waals surface area contributed by atoms with Gasteiger partial charge < -0.3 is 34.7 Å². The van der Waals surface area contributed by atoms with Crippen molar-refractivity contribution in [1.29, 1.82) is 0 Å². The minimum absolute atomic E-state index is 0.00490. The van der Waals surface area contributed by atoms with Gasteiger partial charge in [0, 0.05) is 44.6 Å². The highest BCUT2D eigenvalue weighted by Gasteiger charge is 2.39. The number of Topliss-reactive ketones (excluding diaryl/α,β-unsaturated/α-hetero) is 1. The molecule has 0 spiro atoms. The van der Waals surface area contributed by atoms with E-state index in [-0.39, 0.29) is 50.7 Å². The van der Waals surface area contributed by atoms with Crippen LogP contribution in [0.25, 0.3) is 0 Å². The summed E-state index contributed by atoms with van der Waals surface area (Å²) in [6.45, 7) is 7.58. The average molecular weight is 856 g/mol. The summed E-state index contributed by atoms with van der Waals surface area (Å²) in [6, 6.07) is 0. The summed E-state index contributed by atoms with van der Waals surface area (Å²) in [4.78, 5) is 47.8. The van der Waals surface area contributed by atoms with Crippen molar-refractivity contribution in [3.05, 3.63) is 34.8 Å². The summed E-state index contributed by atoms with van der Waals surface area (Å²) in [5, 5.41) is 20.8. The topological polar surface area (TPSA) is 205 Å². The van der Waals surface area contributed by atoms with Gasteiger partial charge in [-0.3, -0.25) is 23.4 Å². The van der Waals surface area contributed by atoms with Gasteiger partial charge in [0.1, 0.15) is 23.9 Å². The van der Waals surface area contributed by atoms with Crippen LogP contribution in [0.3, 0.4) is 0 Å². The molecule has 0 saturated heterocycles. The van der Waals surface area contributed by atoms with E-state index in [1.807, 2.05) is 0 Å². The first-order valence-electron chi connectivity index (χ1n) is 22.6. The van der Waals surface area contributed by atoms with Crippen molar-refractivity contribution in [2.45, 2.75) is 194 Å². The standard InChI is InChI=1S/C45H78NO12P/c1-5-7-15-21-36(47)27-28-39-38(40(48)31-41(39)49)22-17-13-14-20-26-45(51)57-37(33-56-59(52,53)55-30-29-46)32-54-44(50)25-19-12-10-9-11-18-24-43-35(4)34(3)42(58-43)23-16-8-6-2/h27-28,36-40,47-48H,5-26,29-33,46H2,1-4H3,(H,52,53)/b28-27+/t36-,37+,38+,39+,40-/m0/s1. The second kappa shape index (κ2) is 30.6. The van der Waals surface area contributed by atoms with Gasteiger partial charge in [0.15, 0.2) is 6.10 Å². The molecule has 1 aromatic heterocycles. The second-order valence-electron chi connectivity index (χ2n) is 16.3. The number of aliphatic hydroxyl groups is 2. The van der Waals surface area contributed by atoms with Crippen LogP contribution in [0.5, 0.6) is 0 Å². The third-order valence-corrected chi connectivity index (χ3v) is 12.2. The van der Waals surface area contributed by atoms with Crippen molar-refractivity contribution in [3.8, 4) is 0 Å². The number of phosphoric acid groups is 1. The number of hydrogen-bond acceptors (Lipinski definition) is 12. The smallest absolute Gasteiger partial charge is 0.466 e. The molecule has 59 heavy (non-hydrogen) atoms. The molecule has 14 heteroatoms. The Bertz CT molecular complexity index is 1410. The number of ketones is 1. The Hall–Kier alpha value is -2.38. The number of carbonyl (C=O) groups excluding carboxylic acids is 3. The van der Waals surface area contributed by atoms with Crippen LogP contribution in [-0.4, -0.2) is 77.5 Å². The Balaban J connectivity index is 1.70.